The number of methoxy groups -OCH3 is 1. The molecule has 18 heavy (non-hydrogen) atoms. The smallest absolute Gasteiger partial charge is 0.123 e. The van der Waals surface area contributed by atoms with E-state index in [4.69, 9.17) is 22.1 Å². The van der Waals surface area contributed by atoms with Crippen molar-refractivity contribution >= 4 is 11.6 Å². The van der Waals surface area contributed by atoms with Crippen LogP contribution in [0.5, 0.6) is 5.75 Å². The SMILES string of the molecule is COc1ccc(Cl)cc1C(N)CC1CCCCN1. The Balaban J connectivity index is 2.07. The second kappa shape index (κ2) is 6.41. The van der Waals surface area contributed by atoms with E-state index in [1.165, 1.54) is 19.3 Å². The molecule has 1 fully saturated rings. The number of rotatable bonds is 4. The summed E-state index contributed by atoms with van der Waals surface area (Å²) >= 11 is 6.03. The van der Waals surface area contributed by atoms with Crippen LogP contribution in [-0.2, 0) is 0 Å². The lowest BCUT2D eigenvalue weighted by atomic mass is 9.94. The number of nitrogens with one attached hydrogen (secondary N) is 1. The highest BCUT2D eigenvalue weighted by molar-refractivity contribution is 6.30. The molecule has 2 atom stereocenters. The minimum absolute atomic E-state index is 0.0331. The third-order valence-electron chi connectivity index (χ3n) is 3.54. The molecule has 1 aliphatic rings. The number of hydrogen-bond donors (Lipinski definition) is 2. The third kappa shape index (κ3) is 3.37. The number of piperidine rings is 1. The predicted octanol–water partition coefficient (Wildman–Crippen LogP) is 2.88. The normalized spacial score (nSPS) is 21.6. The first-order valence-electron chi connectivity index (χ1n) is 6.53. The molecular weight excluding hydrogens is 248 g/mol. The molecule has 100 valence electrons. The Morgan fingerprint density at radius 1 is 1.50 bits per heavy atom. The minimum atomic E-state index is -0.0331. The Morgan fingerprint density at radius 3 is 3.00 bits per heavy atom. The molecule has 0 radical (unpaired) electrons. The van der Waals surface area contributed by atoms with Gasteiger partial charge in [-0.15, -0.1) is 0 Å². The molecule has 2 unspecified atom stereocenters. The van der Waals surface area contributed by atoms with Gasteiger partial charge in [-0.05, 0) is 44.0 Å². The van der Waals surface area contributed by atoms with Gasteiger partial charge in [-0.2, -0.15) is 0 Å². The van der Waals surface area contributed by atoms with Crippen LogP contribution in [-0.4, -0.2) is 19.7 Å². The quantitative estimate of drug-likeness (QED) is 0.883. The van der Waals surface area contributed by atoms with Crippen molar-refractivity contribution in [3.05, 3.63) is 28.8 Å². The molecule has 0 saturated carbocycles. The van der Waals surface area contributed by atoms with Crippen LogP contribution in [0.2, 0.25) is 5.02 Å². The largest absolute Gasteiger partial charge is 0.496 e. The maximum Gasteiger partial charge on any atom is 0.123 e. The number of hydrogen-bond acceptors (Lipinski definition) is 3. The molecule has 0 aromatic heterocycles. The summed E-state index contributed by atoms with van der Waals surface area (Å²) in [5.41, 5.74) is 7.29. The molecule has 4 heteroatoms. The Bertz CT molecular complexity index is 391. The first kappa shape index (κ1) is 13.7. The summed E-state index contributed by atoms with van der Waals surface area (Å²) in [6.07, 6.45) is 4.69. The zero-order valence-electron chi connectivity index (χ0n) is 10.8. The average Bonchev–Trinajstić information content (AvgIpc) is 2.40. The van der Waals surface area contributed by atoms with Gasteiger partial charge < -0.3 is 15.8 Å². The van der Waals surface area contributed by atoms with Gasteiger partial charge in [0.15, 0.2) is 0 Å². The van der Waals surface area contributed by atoms with E-state index in [1.807, 2.05) is 18.2 Å². The van der Waals surface area contributed by atoms with E-state index in [9.17, 15) is 0 Å². The van der Waals surface area contributed by atoms with Crippen molar-refractivity contribution in [2.75, 3.05) is 13.7 Å². The number of ether oxygens (including phenoxy) is 1. The molecule has 1 aromatic rings. The van der Waals surface area contributed by atoms with Gasteiger partial charge in [0.2, 0.25) is 0 Å². The van der Waals surface area contributed by atoms with E-state index < -0.39 is 0 Å². The van der Waals surface area contributed by atoms with E-state index in [-0.39, 0.29) is 6.04 Å². The standard InChI is InChI=1S/C14H21ClN2O/c1-18-14-6-5-10(15)8-12(14)13(16)9-11-4-2-3-7-17-11/h5-6,8,11,13,17H,2-4,7,9,16H2,1H3. The highest BCUT2D eigenvalue weighted by atomic mass is 35.5. The lowest BCUT2D eigenvalue weighted by molar-refractivity contribution is 0.354. The number of halogens is 1. The average molecular weight is 269 g/mol. The van der Waals surface area contributed by atoms with E-state index in [2.05, 4.69) is 5.32 Å². The molecule has 2 rings (SSSR count). The van der Waals surface area contributed by atoms with Gasteiger partial charge in [0.1, 0.15) is 5.75 Å². The number of nitrogens with two attached hydrogens (primary N) is 1. The van der Waals surface area contributed by atoms with Gasteiger partial charge in [0.25, 0.3) is 0 Å². The summed E-state index contributed by atoms with van der Waals surface area (Å²) in [7, 11) is 1.66. The Morgan fingerprint density at radius 2 is 2.33 bits per heavy atom. The Hall–Kier alpha value is -0.770. The monoisotopic (exact) mass is 268 g/mol. The second-order valence-corrected chi connectivity index (χ2v) is 5.31. The van der Waals surface area contributed by atoms with Crippen LogP contribution in [0.3, 0.4) is 0 Å². The van der Waals surface area contributed by atoms with E-state index in [0.29, 0.717) is 11.1 Å². The van der Waals surface area contributed by atoms with Crippen molar-refractivity contribution in [3.63, 3.8) is 0 Å². The fraction of sp³-hybridized carbons (Fsp3) is 0.571. The van der Waals surface area contributed by atoms with Gasteiger partial charge in [0, 0.05) is 22.7 Å². The van der Waals surface area contributed by atoms with Crippen molar-refractivity contribution in [2.24, 2.45) is 5.73 Å². The van der Waals surface area contributed by atoms with Crippen LogP contribution in [0.25, 0.3) is 0 Å². The summed E-state index contributed by atoms with van der Waals surface area (Å²) in [4.78, 5) is 0. The van der Waals surface area contributed by atoms with E-state index >= 15 is 0 Å². The highest BCUT2D eigenvalue weighted by Crippen LogP contribution is 2.30. The van der Waals surface area contributed by atoms with Gasteiger partial charge in [0.05, 0.1) is 7.11 Å². The topological polar surface area (TPSA) is 47.3 Å². The van der Waals surface area contributed by atoms with Crippen LogP contribution in [0.4, 0.5) is 0 Å². The molecule has 1 aromatic carbocycles. The van der Waals surface area contributed by atoms with Gasteiger partial charge in [-0.3, -0.25) is 0 Å². The predicted molar refractivity (Wildman–Crippen MR) is 75.2 cm³/mol. The van der Waals surface area contributed by atoms with Crippen LogP contribution >= 0.6 is 11.6 Å². The maximum absolute atomic E-state index is 6.29. The fourth-order valence-electron chi connectivity index (χ4n) is 2.55. The molecule has 3 N–H and O–H groups in total. The minimum Gasteiger partial charge on any atom is -0.496 e. The maximum atomic E-state index is 6.29. The van der Waals surface area contributed by atoms with Crippen molar-refractivity contribution in [1.82, 2.24) is 5.32 Å². The van der Waals surface area contributed by atoms with Gasteiger partial charge in [-0.1, -0.05) is 18.0 Å². The fourth-order valence-corrected chi connectivity index (χ4v) is 2.73. The van der Waals surface area contributed by atoms with Crippen molar-refractivity contribution in [1.29, 1.82) is 0 Å². The van der Waals surface area contributed by atoms with Crippen LogP contribution < -0.4 is 15.8 Å². The summed E-state index contributed by atoms with van der Waals surface area (Å²) in [5, 5.41) is 4.22. The molecule has 0 spiro atoms. The lowest BCUT2D eigenvalue weighted by Gasteiger charge is -2.26. The lowest BCUT2D eigenvalue weighted by Crippen LogP contribution is -2.36. The van der Waals surface area contributed by atoms with Gasteiger partial charge >= 0.3 is 0 Å². The van der Waals surface area contributed by atoms with E-state index in [1.54, 1.807) is 7.11 Å². The molecule has 1 saturated heterocycles. The summed E-state index contributed by atoms with van der Waals surface area (Å²) in [6.45, 7) is 1.10. The van der Waals surface area contributed by atoms with E-state index in [0.717, 1.165) is 24.3 Å². The van der Waals surface area contributed by atoms with Crippen LogP contribution in [0.15, 0.2) is 18.2 Å². The summed E-state index contributed by atoms with van der Waals surface area (Å²) < 4.78 is 5.35. The molecule has 1 heterocycles. The van der Waals surface area contributed by atoms with Crippen molar-refractivity contribution < 1.29 is 4.74 Å². The Kier molecular flexibility index (Phi) is 4.87. The first-order chi connectivity index (χ1) is 8.70. The van der Waals surface area contributed by atoms with Gasteiger partial charge in [-0.25, -0.2) is 0 Å². The second-order valence-electron chi connectivity index (χ2n) is 4.88. The van der Waals surface area contributed by atoms with Crippen LogP contribution in [0, 0.1) is 0 Å². The molecule has 0 amide bonds. The van der Waals surface area contributed by atoms with Crippen molar-refractivity contribution in [3.8, 4) is 5.75 Å². The van der Waals surface area contributed by atoms with Crippen molar-refractivity contribution in [2.45, 2.75) is 37.8 Å². The summed E-state index contributed by atoms with van der Waals surface area (Å²) in [5.74, 6) is 0.822. The highest BCUT2D eigenvalue weighted by Gasteiger charge is 2.19. The Labute approximate surface area is 114 Å². The molecule has 3 nitrogen and oxygen atoms in total. The van der Waals surface area contributed by atoms with Crippen LogP contribution in [0.1, 0.15) is 37.3 Å². The third-order valence-corrected chi connectivity index (χ3v) is 3.78. The molecule has 0 bridgehead atoms. The zero-order chi connectivity index (χ0) is 13.0. The first-order valence-corrected chi connectivity index (χ1v) is 6.91. The number of benzene rings is 1. The molecular formula is C14H21ClN2O. The molecule has 1 aliphatic heterocycles. The molecule has 0 aliphatic carbocycles. The summed E-state index contributed by atoms with van der Waals surface area (Å²) in [6, 6.07) is 6.10. The zero-order valence-corrected chi connectivity index (χ0v) is 11.5.